The number of nitrogens with two attached hydrogens (primary N) is 3. The molecule has 1 saturated heterocycles. The fourth-order valence-corrected chi connectivity index (χ4v) is 3.80. The summed E-state index contributed by atoms with van der Waals surface area (Å²) in [4.78, 5) is 2.03. The molecule has 2 aromatic rings. The standard InChI is InChI=1S/C22H28N4O2/c1-15-14-26(12-11-22(15,28)16-7-3-2-4-8-16)19(21(24)25)13-18(23)17-9-5-6-10-20(17)27/h2-10,13,15,27-28H,11-12,14,23-25H2,1H3/b18-13-. The van der Waals surface area contributed by atoms with E-state index in [-0.39, 0.29) is 17.5 Å². The minimum Gasteiger partial charge on any atom is -0.507 e. The second-order valence-electron chi connectivity index (χ2n) is 7.34. The van der Waals surface area contributed by atoms with Gasteiger partial charge in [-0.1, -0.05) is 49.4 Å². The van der Waals surface area contributed by atoms with Gasteiger partial charge in [0.05, 0.1) is 11.3 Å². The number of piperidine rings is 1. The maximum Gasteiger partial charge on any atom is 0.124 e. The van der Waals surface area contributed by atoms with Crippen LogP contribution < -0.4 is 17.2 Å². The van der Waals surface area contributed by atoms with Crippen molar-refractivity contribution in [2.75, 3.05) is 13.1 Å². The highest BCUT2D eigenvalue weighted by atomic mass is 16.3. The Morgan fingerprint density at radius 2 is 1.71 bits per heavy atom. The quantitative estimate of drug-likeness (QED) is 0.517. The Labute approximate surface area is 165 Å². The van der Waals surface area contributed by atoms with Gasteiger partial charge in [-0.3, -0.25) is 0 Å². The fourth-order valence-electron chi connectivity index (χ4n) is 3.80. The van der Waals surface area contributed by atoms with Crippen molar-refractivity contribution in [3.63, 3.8) is 0 Å². The Morgan fingerprint density at radius 1 is 1.07 bits per heavy atom. The summed E-state index contributed by atoms with van der Waals surface area (Å²) >= 11 is 0. The van der Waals surface area contributed by atoms with Crippen molar-refractivity contribution in [2.45, 2.75) is 18.9 Å². The molecule has 1 aliphatic heterocycles. The third-order valence-electron chi connectivity index (χ3n) is 5.49. The molecule has 2 unspecified atom stereocenters. The van der Waals surface area contributed by atoms with Gasteiger partial charge < -0.3 is 32.3 Å². The highest BCUT2D eigenvalue weighted by Crippen LogP contribution is 2.38. The molecule has 6 nitrogen and oxygen atoms in total. The average molecular weight is 380 g/mol. The van der Waals surface area contributed by atoms with E-state index in [4.69, 9.17) is 17.2 Å². The van der Waals surface area contributed by atoms with Crippen molar-refractivity contribution in [3.8, 4) is 5.75 Å². The van der Waals surface area contributed by atoms with Crippen LogP contribution in [-0.2, 0) is 5.60 Å². The number of rotatable bonds is 4. The fraction of sp³-hybridized carbons (Fsp3) is 0.273. The lowest BCUT2D eigenvalue weighted by atomic mass is 9.77. The van der Waals surface area contributed by atoms with Crippen LogP contribution in [0.15, 0.2) is 72.2 Å². The first-order valence-electron chi connectivity index (χ1n) is 9.36. The molecule has 3 rings (SSSR count). The first kappa shape index (κ1) is 19.6. The SMILES string of the molecule is CC1CN(C(/C=C(\N)c2ccccc2O)=C(N)N)CCC1(O)c1ccccc1. The predicted octanol–water partition coefficient (Wildman–Crippen LogP) is 2.01. The van der Waals surface area contributed by atoms with Crippen LogP contribution in [-0.4, -0.2) is 28.2 Å². The number of hydrogen-bond acceptors (Lipinski definition) is 6. The number of hydrogen-bond donors (Lipinski definition) is 5. The number of aromatic hydroxyl groups is 1. The molecule has 0 spiro atoms. The maximum absolute atomic E-state index is 11.3. The first-order chi connectivity index (χ1) is 13.3. The summed E-state index contributed by atoms with van der Waals surface area (Å²) in [7, 11) is 0. The Balaban J connectivity index is 1.85. The summed E-state index contributed by atoms with van der Waals surface area (Å²) in [6.07, 6.45) is 2.23. The van der Waals surface area contributed by atoms with Crippen molar-refractivity contribution in [2.24, 2.45) is 23.1 Å². The predicted molar refractivity (Wildman–Crippen MR) is 111 cm³/mol. The molecule has 0 aliphatic carbocycles. The first-order valence-corrected chi connectivity index (χ1v) is 9.36. The van der Waals surface area contributed by atoms with Gasteiger partial charge in [-0.2, -0.15) is 0 Å². The monoisotopic (exact) mass is 380 g/mol. The number of phenolic OH excluding ortho intramolecular Hbond substituents is 1. The zero-order valence-corrected chi connectivity index (χ0v) is 16.0. The molecule has 6 heteroatoms. The van der Waals surface area contributed by atoms with Gasteiger partial charge in [0.1, 0.15) is 11.6 Å². The number of nitrogens with zero attached hydrogens (tertiary/aromatic N) is 1. The lowest BCUT2D eigenvalue weighted by molar-refractivity contribution is -0.0638. The Hall–Kier alpha value is -3.12. The summed E-state index contributed by atoms with van der Waals surface area (Å²) in [6.45, 7) is 3.16. The summed E-state index contributed by atoms with van der Waals surface area (Å²) in [5.41, 5.74) is 19.6. The second kappa shape index (κ2) is 7.86. The lowest BCUT2D eigenvalue weighted by Gasteiger charge is -2.45. The molecule has 1 heterocycles. The third kappa shape index (κ3) is 3.77. The number of phenols is 1. The molecule has 0 aromatic heterocycles. The van der Waals surface area contributed by atoms with E-state index in [0.717, 1.165) is 5.56 Å². The van der Waals surface area contributed by atoms with Crippen LogP contribution in [0.25, 0.3) is 5.70 Å². The number of aliphatic hydroxyl groups is 1. The van der Waals surface area contributed by atoms with E-state index < -0.39 is 5.60 Å². The van der Waals surface area contributed by atoms with E-state index in [9.17, 15) is 10.2 Å². The molecule has 2 aromatic carbocycles. The van der Waals surface area contributed by atoms with Gasteiger partial charge in [0.25, 0.3) is 0 Å². The van der Waals surface area contributed by atoms with E-state index in [2.05, 4.69) is 0 Å². The second-order valence-corrected chi connectivity index (χ2v) is 7.34. The molecule has 0 radical (unpaired) electrons. The van der Waals surface area contributed by atoms with Gasteiger partial charge in [0.2, 0.25) is 0 Å². The minimum atomic E-state index is -0.904. The molecular formula is C22H28N4O2. The van der Waals surface area contributed by atoms with Gasteiger partial charge in [-0.15, -0.1) is 0 Å². The Morgan fingerprint density at radius 3 is 2.32 bits per heavy atom. The summed E-state index contributed by atoms with van der Waals surface area (Å²) in [6, 6.07) is 16.6. The van der Waals surface area contributed by atoms with Gasteiger partial charge in [-0.25, -0.2) is 0 Å². The highest BCUT2D eigenvalue weighted by molar-refractivity contribution is 5.69. The lowest BCUT2D eigenvalue weighted by Crippen LogP contribution is -2.49. The van der Waals surface area contributed by atoms with Crippen molar-refractivity contribution < 1.29 is 10.2 Å². The van der Waals surface area contributed by atoms with Crippen LogP contribution >= 0.6 is 0 Å². The summed E-state index contributed by atoms with van der Waals surface area (Å²) in [5, 5.41) is 21.3. The number of para-hydroxylation sites is 1. The van der Waals surface area contributed by atoms with E-state index in [1.54, 1.807) is 30.3 Å². The van der Waals surface area contributed by atoms with Gasteiger partial charge >= 0.3 is 0 Å². The zero-order valence-electron chi connectivity index (χ0n) is 16.0. The minimum absolute atomic E-state index is 0.0437. The Bertz CT molecular complexity index is 890. The number of benzene rings is 2. The average Bonchev–Trinajstić information content (AvgIpc) is 2.69. The van der Waals surface area contributed by atoms with Crippen LogP contribution in [0.5, 0.6) is 5.75 Å². The molecule has 28 heavy (non-hydrogen) atoms. The highest BCUT2D eigenvalue weighted by Gasteiger charge is 2.40. The molecule has 0 bridgehead atoms. The Kier molecular flexibility index (Phi) is 5.51. The summed E-state index contributed by atoms with van der Waals surface area (Å²) in [5.74, 6) is 0.199. The summed E-state index contributed by atoms with van der Waals surface area (Å²) < 4.78 is 0. The van der Waals surface area contributed by atoms with Gasteiger partial charge in [-0.05, 0) is 30.2 Å². The molecule has 0 saturated carbocycles. The molecule has 0 amide bonds. The molecule has 1 fully saturated rings. The molecular weight excluding hydrogens is 352 g/mol. The van der Waals surface area contributed by atoms with Crippen LogP contribution in [0.2, 0.25) is 0 Å². The van der Waals surface area contributed by atoms with Crippen LogP contribution in [0.4, 0.5) is 0 Å². The van der Waals surface area contributed by atoms with Crippen LogP contribution in [0, 0.1) is 5.92 Å². The molecule has 2 atom stereocenters. The number of allylic oxidation sites excluding steroid dienone is 1. The van der Waals surface area contributed by atoms with Gasteiger partial charge in [0, 0.05) is 30.3 Å². The smallest absolute Gasteiger partial charge is 0.124 e. The number of likely N-dealkylation sites (tertiary alicyclic amines) is 1. The maximum atomic E-state index is 11.3. The largest absolute Gasteiger partial charge is 0.507 e. The van der Waals surface area contributed by atoms with E-state index >= 15 is 0 Å². The van der Waals surface area contributed by atoms with Crippen molar-refractivity contribution >= 4 is 5.70 Å². The third-order valence-corrected chi connectivity index (χ3v) is 5.49. The topological polar surface area (TPSA) is 122 Å². The normalized spacial score (nSPS) is 22.7. The van der Waals surface area contributed by atoms with Gasteiger partial charge in [0.15, 0.2) is 0 Å². The molecule has 148 valence electrons. The molecule has 8 N–H and O–H groups in total. The van der Waals surface area contributed by atoms with Crippen molar-refractivity contribution in [1.82, 2.24) is 4.90 Å². The van der Waals surface area contributed by atoms with Crippen molar-refractivity contribution in [1.29, 1.82) is 0 Å². The van der Waals surface area contributed by atoms with Crippen LogP contribution in [0.1, 0.15) is 24.5 Å². The van der Waals surface area contributed by atoms with E-state index in [0.29, 0.717) is 36.5 Å². The van der Waals surface area contributed by atoms with Crippen LogP contribution in [0.3, 0.4) is 0 Å². The zero-order chi connectivity index (χ0) is 20.3. The van der Waals surface area contributed by atoms with Crippen molar-refractivity contribution in [3.05, 3.63) is 83.3 Å². The van der Waals surface area contributed by atoms with E-state index in [1.165, 1.54) is 0 Å². The van der Waals surface area contributed by atoms with E-state index in [1.807, 2.05) is 42.2 Å². The molecule has 1 aliphatic rings.